The normalized spacial score (nSPS) is 15.2. The number of carboxylic acids is 1. The predicted octanol–water partition coefficient (Wildman–Crippen LogP) is 4.72. The Labute approximate surface area is 231 Å². The summed E-state index contributed by atoms with van der Waals surface area (Å²) in [6.07, 6.45) is 1.62. The van der Waals surface area contributed by atoms with Gasteiger partial charge in [-0.1, -0.05) is 41.1 Å². The third-order valence-corrected chi connectivity index (χ3v) is 7.59. The van der Waals surface area contributed by atoms with Gasteiger partial charge in [0.1, 0.15) is 11.5 Å². The van der Waals surface area contributed by atoms with E-state index in [1.807, 2.05) is 6.92 Å². The maximum absolute atomic E-state index is 13.7. The van der Waals surface area contributed by atoms with Gasteiger partial charge in [0.25, 0.3) is 5.56 Å². The van der Waals surface area contributed by atoms with Crippen molar-refractivity contribution in [2.24, 2.45) is 4.99 Å². The van der Waals surface area contributed by atoms with E-state index in [2.05, 4.69) is 4.99 Å². The van der Waals surface area contributed by atoms with Gasteiger partial charge in [-0.05, 0) is 68.3 Å². The number of fused-ring (bicyclic) bond motifs is 1. The topological polar surface area (TPSA) is 111 Å². The zero-order valence-corrected chi connectivity index (χ0v) is 22.8. The number of thiazole rings is 1. The van der Waals surface area contributed by atoms with Crippen LogP contribution in [0.5, 0.6) is 0 Å². The molecule has 0 bridgehead atoms. The molecule has 5 rings (SSSR count). The number of ether oxygens (including phenoxy) is 1. The molecule has 2 aromatic heterocycles. The van der Waals surface area contributed by atoms with Crippen molar-refractivity contribution in [2.75, 3.05) is 6.61 Å². The van der Waals surface area contributed by atoms with Gasteiger partial charge >= 0.3 is 11.9 Å². The standard InChI is InChI=1S/C29H23ClN2O6S/c1-4-37-28(36)24-16(3)31-29-32(25(24)17-7-9-19(30)10-8-17)26(33)23(39-29)14-20-11-12-22(38-20)21-13-18(27(34)35)6-5-15(21)2/h5-14,25H,4H2,1-3H3,(H,34,35)/b23-14+. The number of benzene rings is 2. The van der Waals surface area contributed by atoms with Crippen molar-refractivity contribution in [1.82, 2.24) is 4.57 Å². The maximum atomic E-state index is 13.7. The number of hydrogen-bond acceptors (Lipinski definition) is 7. The van der Waals surface area contributed by atoms with Crippen LogP contribution in [0.15, 0.2) is 80.1 Å². The van der Waals surface area contributed by atoms with Crippen LogP contribution >= 0.6 is 22.9 Å². The number of aryl methyl sites for hydroxylation is 1. The van der Waals surface area contributed by atoms with E-state index in [1.165, 1.54) is 22.0 Å². The summed E-state index contributed by atoms with van der Waals surface area (Å²) in [6, 6.07) is 14.5. The second kappa shape index (κ2) is 10.5. The number of aromatic carboxylic acids is 1. The molecule has 0 saturated carbocycles. The first kappa shape index (κ1) is 26.4. The highest BCUT2D eigenvalue weighted by molar-refractivity contribution is 7.07. The van der Waals surface area contributed by atoms with Crippen molar-refractivity contribution in [1.29, 1.82) is 0 Å². The van der Waals surface area contributed by atoms with E-state index in [0.29, 0.717) is 42.7 Å². The van der Waals surface area contributed by atoms with Crippen molar-refractivity contribution in [2.45, 2.75) is 26.8 Å². The molecule has 198 valence electrons. The number of aromatic nitrogens is 1. The summed E-state index contributed by atoms with van der Waals surface area (Å²) in [6.45, 7) is 5.49. The highest BCUT2D eigenvalue weighted by atomic mass is 35.5. The first-order valence-electron chi connectivity index (χ1n) is 12.1. The fourth-order valence-electron chi connectivity index (χ4n) is 4.48. The van der Waals surface area contributed by atoms with Crippen molar-refractivity contribution < 1.29 is 23.8 Å². The van der Waals surface area contributed by atoms with E-state index < -0.39 is 18.0 Å². The average molecular weight is 563 g/mol. The lowest BCUT2D eigenvalue weighted by Gasteiger charge is -2.24. The second-order valence-corrected chi connectivity index (χ2v) is 10.3. The highest BCUT2D eigenvalue weighted by Gasteiger charge is 2.33. The minimum atomic E-state index is -1.03. The Balaban J connectivity index is 1.62. The molecule has 3 heterocycles. The molecule has 0 aliphatic carbocycles. The van der Waals surface area contributed by atoms with E-state index in [9.17, 15) is 19.5 Å². The number of carbonyl (C=O) groups is 2. The summed E-state index contributed by atoms with van der Waals surface area (Å²) in [5.41, 5.74) is 2.76. The molecule has 39 heavy (non-hydrogen) atoms. The lowest BCUT2D eigenvalue weighted by Crippen LogP contribution is -2.39. The van der Waals surface area contributed by atoms with Crippen LogP contribution in [-0.2, 0) is 9.53 Å². The molecule has 0 fully saturated rings. The third kappa shape index (κ3) is 4.98. The molecule has 10 heteroatoms. The highest BCUT2D eigenvalue weighted by Crippen LogP contribution is 2.31. The number of esters is 1. The second-order valence-electron chi connectivity index (χ2n) is 8.89. The Bertz CT molecular complexity index is 1830. The molecule has 1 aliphatic heterocycles. The molecule has 0 amide bonds. The predicted molar refractivity (Wildman–Crippen MR) is 148 cm³/mol. The van der Waals surface area contributed by atoms with E-state index >= 15 is 0 Å². The summed E-state index contributed by atoms with van der Waals surface area (Å²) in [5.74, 6) is -0.673. The van der Waals surface area contributed by atoms with Gasteiger partial charge in [0.05, 0.1) is 34.0 Å². The minimum Gasteiger partial charge on any atom is -0.478 e. The number of nitrogens with zero attached hydrogens (tertiary/aromatic N) is 2. The van der Waals surface area contributed by atoms with Gasteiger partial charge in [0, 0.05) is 16.7 Å². The molecule has 1 atom stereocenters. The zero-order chi connectivity index (χ0) is 27.8. The number of rotatable bonds is 6. The number of hydrogen-bond donors (Lipinski definition) is 1. The minimum absolute atomic E-state index is 0.150. The number of furan rings is 1. The number of carbonyl (C=O) groups excluding carboxylic acids is 1. The Hall–Kier alpha value is -4.21. The zero-order valence-electron chi connectivity index (χ0n) is 21.2. The monoisotopic (exact) mass is 562 g/mol. The number of allylic oxidation sites excluding steroid dienone is 1. The van der Waals surface area contributed by atoms with E-state index in [4.69, 9.17) is 20.8 Å². The Morgan fingerprint density at radius 2 is 1.90 bits per heavy atom. The molecule has 4 aromatic rings. The van der Waals surface area contributed by atoms with Crippen LogP contribution in [0, 0.1) is 6.92 Å². The fourth-order valence-corrected chi connectivity index (χ4v) is 5.63. The van der Waals surface area contributed by atoms with Crippen molar-refractivity contribution in [3.63, 3.8) is 0 Å². The van der Waals surface area contributed by atoms with Crippen LogP contribution in [0.3, 0.4) is 0 Å². The molecule has 1 unspecified atom stereocenters. The fraction of sp³-hybridized carbons (Fsp3) is 0.172. The van der Waals surface area contributed by atoms with Crippen molar-refractivity contribution >= 4 is 41.0 Å². The molecular formula is C29H23ClN2O6S. The first-order valence-corrected chi connectivity index (χ1v) is 13.3. The summed E-state index contributed by atoms with van der Waals surface area (Å²) >= 11 is 7.28. The molecule has 8 nitrogen and oxygen atoms in total. The molecular weight excluding hydrogens is 540 g/mol. The van der Waals surface area contributed by atoms with Crippen LogP contribution in [0.4, 0.5) is 0 Å². The summed E-state index contributed by atoms with van der Waals surface area (Å²) in [5, 5.41) is 9.89. The quantitative estimate of drug-likeness (QED) is 0.340. The van der Waals surface area contributed by atoms with Crippen molar-refractivity contribution in [3.05, 3.63) is 113 Å². The summed E-state index contributed by atoms with van der Waals surface area (Å²) in [7, 11) is 0. The van der Waals surface area contributed by atoms with Gasteiger partial charge in [-0.15, -0.1) is 0 Å². The van der Waals surface area contributed by atoms with Crippen LogP contribution < -0.4 is 14.9 Å². The summed E-state index contributed by atoms with van der Waals surface area (Å²) < 4.78 is 13.2. The van der Waals surface area contributed by atoms with Crippen LogP contribution in [-0.4, -0.2) is 28.2 Å². The molecule has 0 saturated heterocycles. The Morgan fingerprint density at radius 3 is 2.59 bits per heavy atom. The average Bonchev–Trinajstić information content (AvgIpc) is 3.48. The van der Waals surface area contributed by atoms with Gasteiger partial charge in [-0.3, -0.25) is 9.36 Å². The van der Waals surface area contributed by atoms with Crippen LogP contribution in [0.25, 0.3) is 17.4 Å². The van der Waals surface area contributed by atoms with Gasteiger partial charge < -0.3 is 14.3 Å². The SMILES string of the molecule is CCOC(=O)C1=C(C)N=c2s/c(=C/c3ccc(-c4cc(C(=O)O)ccc4C)o3)c(=O)n2C1c1ccc(Cl)cc1. The number of carboxylic acid groups (broad SMARTS) is 1. The van der Waals surface area contributed by atoms with Crippen LogP contribution in [0.1, 0.15) is 47.1 Å². The van der Waals surface area contributed by atoms with Crippen molar-refractivity contribution in [3.8, 4) is 11.3 Å². The van der Waals surface area contributed by atoms with Gasteiger partial charge in [-0.2, -0.15) is 0 Å². The molecule has 2 aromatic carbocycles. The molecule has 1 N–H and O–H groups in total. The smallest absolute Gasteiger partial charge is 0.338 e. The van der Waals surface area contributed by atoms with Gasteiger partial charge in [0.15, 0.2) is 4.80 Å². The molecule has 0 spiro atoms. The van der Waals surface area contributed by atoms with E-state index in [-0.39, 0.29) is 23.3 Å². The number of halogens is 1. The van der Waals surface area contributed by atoms with Crippen LogP contribution in [0.2, 0.25) is 5.02 Å². The van der Waals surface area contributed by atoms with Gasteiger partial charge in [-0.25, -0.2) is 14.6 Å². The van der Waals surface area contributed by atoms with Gasteiger partial charge in [0.2, 0.25) is 0 Å². The van der Waals surface area contributed by atoms with E-state index in [0.717, 1.165) is 5.56 Å². The molecule has 0 radical (unpaired) electrons. The third-order valence-electron chi connectivity index (χ3n) is 6.35. The Morgan fingerprint density at radius 1 is 1.15 bits per heavy atom. The summed E-state index contributed by atoms with van der Waals surface area (Å²) in [4.78, 5) is 43.1. The maximum Gasteiger partial charge on any atom is 0.338 e. The lowest BCUT2D eigenvalue weighted by molar-refractivity contribution is -0.139. The largest absolute Gasteiger partial charge is 0.478 e. The first-order chi connectivity index (χ1) is 18.7. The lowest BCUT2D eigenvalue weighted by atomic mass is 9.96. The Kier molecular flexibility index (Phi) is 7.12. The molecule has 1 aliphatic rings. The van der Waals surface area contributed by atoms with E-state index in [1.54, 1.807) is 68.5 Å².